The lowest BCUT2D eigenvalue weighted by Crippen LogP contribution is -2.46. The van der Waals surface area contributed by atoms with Crippen LogP contribution in [0, 0.1) is 23.7 Å². The summed E-state index contributed by atoms with van der Waals surface area (Å²) in [6, 6.07) is -0.106. The normalized spacial score (nSPS) is 33.4. The second-order valence-corrected chi connectivity index (χ2v) is 6.36. The number of hydrogen-bond acceptors (Lipinski definition) is 3. The van der Waals surface area contributed by atoms with E-state index in [-0.39, 0.29) is 29.7 Å². The Morgan fingerprint density at radius 3 is 2.11 bits per heavy atom. The van der Waals surface area contributed by atoms with Crippen LogP contribution in [0.5, 0.6) is 0 Å². The molecule has 3 unspecified atom stereocenters. The number of carbonyl (C=O) groups is 2. The molecule has 2 aliphatic rings. The molecule has 102 valence electrons. The molecule has 4 nitrogen and oxygen atoms in total. The molecule has 1 saturated carbocycles. The Morgan fingerprint density at radius 2 is 1.72 bits per heavy atom. The topological polar surface area (TPSA) is 63.4 Å². The summed E-state index contributed by atoms with van der Waals surface area (Å²) in [5, 5.41) is 0. The molecule has 2 rings (SSSR count). The van der Waals surface area contributed by atoms with Gasteiger partial charge in [0, 0.05) is 6.54 Å². The molecule has 1 saturated heterocycles. The lowest BCUT2D eigenvalue weighted by Gasteiger charge is -2.27. The zero-order valence-corrected chi connectivity index (χ0v) is 11.6. The Kier molecular flexibility index (Phi) is 3.76. The molecule has 0 radical (unpaired) electrons. The molecule has 0 aromatic heterocycles. The number of carbonyl (C=O) groups excluding carboxylic acids is 2. The Balaban J connectivity index is 2.15. The fraction of sp³-hybridized carbons (Fsp3) is 0.857. The first-order valence-electron chi connectivity index (χ1n) is 7.02. The van der Waals surface area contributed by atoms with Crippen LogP contribution in [0.2, 0.25) is 0 Å². The molecule has 2 fully saturated rings. The van der Waals surface area contributed by atoms with E-state index in [1.807, 2.05) is 0 Å². The third kappa shape index (κ3) is 2.18. The average molecular weight is 252 g/mol. The van der Waals surface area contributed by atoms with Gasteiger partial charge in [-0.25, -0.2) is 0 Å². The summed E-state index contributed by atoms with van der Waals surface area (Å²) in [5.74, 6) is 0.883. The van der Waals surface area contributed by atoms with Crippen molar-refractivity contribution in [1.29, 1.82) is 0 Å². The zero-order valence-electron chi connectivity index (χ0n) is 11.6. The molecule has 2 amide bonds. The van der Waals surface area contributed by atoms with E-state index in [0.717, 1.165) is 19.3 Å². The van der Waals surface area contributed by atoms with Crippen LogP contribution in [0.4, 0.5) is 0 Å². The van der Waals surface area contributed by atoms with E-state index in [0.29, 0.717) is 18.4 Å². The third-order valence-corrected chi connectivity index (χ3v) is 4.29. The van der Waals surface area contributed by atoms with E-state index in [2.05, 4.69) is 20.8 Å². The van der Waals surface area contributed by atoms with Crippen LogP contribution >= 0.6 is 0 Å². The van der Waals surface area contributed by atoms with Gasteiger partial charge in [0.1, 0.15) is 0 Å². The fourth-order valence-corrected chi connectivity index (χ4v) is 3.51. The highest BCUT2D eigenvalue weighted by molar-refractivity contribution is 6.05. The number of fused-ring (bicyclic) bond motifs is 1. The molecule has 0 bridgehead atoms. The monoisotopic (exact) mass is 252 g/mol. The number of amides is 2. The zero-order chi connectivity index (χ0) is 13.4. The van der Waals surface area contributed by atoms with E-state index < -0.39 is 0 Å². The maximum atomic E-state index is 12.4. The van der Waals surface area contributed by atoms with Crippen molar-refractivity contribution < 1.29 is 9.59 Å². The first-order valence-corrected chi connectivity index (χ1v) is 7.02. The molecule has 4 heteroatoms. The Morgan fingerprint density at radius 1 is 1.22 bits per heavy atom. The fourth-order valence-electron chi connectivity index (χ4n) is 3.51. The second-order valence-electron chi connectivity index (χ2n) is 6.36. The summed E-state index contributed by atoms with van der Waals surface area (Å²) in [6.45, 7) is 6.69. The van der Waals surface area contributed by atoms with Gasteiger partial charge in [-0.15, -0.1) is 0 Å². The number of imide groups is 1. The molecular formula is C14H24N2O2. The van der Waals surface area contributed by atoms with Gasteiger partial charge in [-0.05, 0) is 31.1 Å². The predicted molar refractivity (Wildman–Crippen MR) is 69.5 cm³/mol. The molecule has 1 aliphatic carbocycles. The minimum absolute atomic E-state index is 0.0328. The highest BCUT2D eigenvalue weighted by Gasteiger charge is 2.53. The summed E-state index contributed by atoms with van der Waals surface area (Å²) < 4.78 is 0. The van der Waals surface area contributed by atoms with Gasteiger partial charge < -0.3 is 5.73 Å². The highest BCUT2D eigenvalue weighted by atomic mass is 16.2. The van der Waals surface area contributed by atoms with Crippen LogP contribution in [0.1, 0.15) is 40.0 Å². The van der Waals surface area contributed by atoms with Crippen LogP contribution in [0.15, 0.2) is 0 Å². The number of hydrogen-bond donors (Lipinski definition) is 1. The van der Waals surface area contributed by atoms with Gasteiger partial charge in [0.2, 0.25) is 11.8 Å². The summed E-state index contributed by atoms with van der Waals surface area (Å²) in [5.41, 5.74) is 5.76. The summed E-state index contributed by atoms with van der Waals surface area (Å²) >= 11 is 0. The molecule has 3 atom stereocenters. The van der Waals surface area contributed by atoms with Crippen molar-refractivity contribution in [1.82, 2.24) is 4.90 Å². The molecule has 0 spiro atoms. The van der Waals surface area contributed by atoms with Crippen molar-refractivity contribution in [3.8, 4) is 0 Å². The van der Waals surface area contributed by atoms with Crippen LogP contribution in [0.25, 0.3) is 0 Å². The minimum atomic E-state index is -0.106. The first-order chi connectivity index (χ1) is 8.45. The van der Waals surface area contributed by atoms with Crippen molar-refractivity contribution in [2.75, 3.05) is 6.54 Å². The molecule has 1 aliphatic heterocycles. The smallest absolute Gasteiger partial charge is 0.233 e. The van der Waals surface area contributed by atoms with Crippen molar-refractivity contribution in [2.45, 2.75) is 46.1 Å². The molecule has 0 aromatic rings. The predicted octanol–water partition coefficient (Wildman–Crippen LogP) is 1.39. The van der Waals surface area contributed by atoms with Crippen LogP contribution in [-0.4, -0.2) is 29.3 Å². The standard InChI is InChI=1S/C14H24N2O2/c1-8(2)4-10(7-15)16-13(17)11-5-9(3)6-12(11)14(16)18/h8-12H,4-7,15H2,1-3H3. The van der Waals surface area contributed by atoms with E-state index in [9.17, 15) is 9.59 Å². The van der Waals surface area contributed by atoms with Crippen molar-refractivity contribution in [3.05, 3.63) is 0 Å². The number of likely N-dealkylation sites (tertiary alicyclic amines) is 1. The van der Waals surface area contributed by atoms with Crippen molar-refractivity contribution in [3.63, 3.8) is 0 Å². The molecular weight excluding hydrogens is 228 g/mol. The van der Waals surface area contributed by atoms with Gasteiger partial charge in [-0.2, -0.15) is 0 Å². The SMILES string of the molecule is CC(C)CC(CN)N1C(=O)C2CC(C)CC2C1=O. The lowest BCUT2D eigenvalue weighted by atomic mass is 10.00. The van der Waals surface area contributed by atoms with Gasteiger partial charge >= 0.3 is 0 Å². The van der Waals surface area contributed by atoms with E-state index in [1.54, 1.807) is 0 Å². The summed E-state index contributed by atoms with van der Waals surface area (Å²) in [4.78, 5) is 26.2. The molecule has 1 heterocycles. The number of nitrogens with two attached hydrogens (primary N) is 1. The van der Waals surface area contributed by atoms with Crippen LogP contribution < -0.4 is 5.73 Å². The lowest BCUT2D eigenvalue weighted by molar-refractivity contribution is -0.143. The Hall–Kier alpha value is -0.900. The Labute approximate surface area is 109 Å². The first kappa shape index (κ1) is 13.5. The van der Waals surface area contributed by atoms with Gasteiger partial charge in [0.05, 0.1) is 17.9 Å². The van der Waals surface area contributed by atoms with Crippen LogP contribution in [0.3, 0.4) is 0 Å². The summed E-state index contributed by atoms with van der Waals surface area (Å²) in [7, 11) is 0. The van der Waals surface area contributed by atoms with Gasteiger partial charge in [-0.1, -0.05) is 20.8 Å². The van der Waals surface area contributed by atoms with E-state index in [1.165, 1.54) is 4.90 Å². The quantitative estimate of drug-likeness (QED) is 0.769. The van der Waals surface area contributed by atoms with Gasteiger partial charge in [0.15, 0.2) is 0 Å². The third-order valence-electron chi connectivity index (χ3n) is 4.29. The molecule has 0 aromatic carbocycles. The Bertz CT molecular complexity index is 330. The van der Waals surface area contributed by atoms with Crippen molar-refractivity contribution in [2.24, 2.45) is 29.4 Å². The van der Waals surface area contributed by atoms with E-state index in [4.69, 9.17) is 5.73 Å². The largest absolute Gasteiger partial charge is 0.328 e. The maximum Gasteiger partial charge on any atom is 0.233 e. The van der Waals surface area contributed by atoms with E-state index >= 15 is 0 Å². The van der Waals surface area contributed by atoms with Gasteiger partial charge in [-0.3, -0.25) is 14.5 Å². The second kappa shape index (κ2) is 5.00. The number of rotatable bonds is 4. The molecule has 2 N–H and O–H groups in total. The van der Waals surface area contributed by atoms with Gasteiger partial charge in [0.25, 0.3) is 0 Å². The average Bonchev–Trinajstić information content (AvgIpc) is 2.77. The van der Waals surface area contributed by atoms with Crippen LogP contribution in [-0.2, 0) is 9.59 Å². The van der Waals surface area contributed by atoms with Crippen molar-refractivity contribution >= 4 is 11.8 Å². The number of nitrogens with zero attached hydrogens (tertiary/aromatic N) is 1. The maximum absolute atomic E-state index is 12.4. The minimum Gasteiger partial charge on any atom is -0.328 e. The highest BCUT2D eigenvalue weighted by Crippen LogP contribution is 2.43. The molecule has 18 heavy (non-hydrogen) atoms. The summed E-state index contributed by atoms with van der Waals surface area (Å²) in [6.07, 6.45) is 2.54.